The van der Waals surface area contributed by atoms with Crippen molar-refractivity contribution in [3.63, 3.8) is 0 Å². The molecule has 0 aromatic heterocycles. The van der Waals surface area contributed by atoms with E-state index < -0.39 is 71.2 Å². The molecule has 204 valence electrons. The van der Waals surface area contributed by atoms with Crippen LogP contribution < -0.4 is 24.9 Å². The number of hydrogen-bond donors (Lipinski definition) is 4. The average Bonchev–Trinajstić information content (AvgIpc) is 3.16. The number of carbonyl (C=O) groups excluding carboxylic acids is 6. The lowest BCUT2D eigenvalue weighted by atomic mass is 10.1. The van der Waals surface area contributed by atoms with Crippen LogP contribution >= 0.6 is 0 Å². The number of esters is 2. The standard InChI is InChI=1S/C19H20N6O12S/c1-9(26)36-13-4-3-11(7-14(13)37-10(2)27)15(28)21-24-5-6-25(19(24)33)38(34,35)22-17(30)23-8-12(16(23)29)20-18(31)32/h3-4,7,12,20H,5-6,8H2,1-2H3,(H,21,28)(H,22,30)(H,31,32). The number of hydrogen-bond acceptors (Lipinski definition) is 11. The molecule has 0 spiro atoms. The highest BCUT2D eigenvalue weighted by atomic mass is 32.2. The minimum absolute atomic E-state index is 0.152. The van der Waals surface area contributed by atoms with Crippen LogP contribution in [0.3, 0.4) is 0 Å². The molecular weight excluding hydrogens is 536 g/mol. The van der Waals surface area contributed by atoms with Gasteiger partial charge in [-0.1, -0.05) is 0 Å². The quantitative estimate of drug-likeness (QED) is 0.168. The van der Waals surface area contributed by atoms with Gasteiger partial charge < -0.3 is 19.9 Å². The van der Waals surface area contributed by atoms with Crippen molar-refractivity contribution in [2.24, 2.45) is 0 Å². The van der Waals surface area contributed by atoms with E-state index in [1.54, 1.807) is 0 Å². The minimum atomic E-state index is -4.81. The van der Waals surface area contributed by atoms with Gasteiger partial charge in [-0.2, -0.15) is 8.42 Å². The van der Waals surface area contributed by atoms with E-state index in [1.807, 2.05) is 5.32 Å². The Morgan fingerprint density at radius 1 is 1.00 bits per heavy atom. The number of ether oxygens (including phenoxy) is 2. The maximum atomic E-state index is 12.6. The number of nitrogens with zero attached hydrogens (tertiary/aromatic N) is 3. The first kappa shape index (κ1) is 27.6. The van der Waals surface area contributed by atoms with Crippen molar-refractivity contribution in [1.82, 2.24) is 29.7 Å². The Morgan fingerprint density at radius 2 is 1.63 bits per heavy atom. The summed E-state index contributed by atoms with van der Waals surface area (Å²) >= 11 is 0. The number of benzene rings is 1. The number of nitrogens with one attached hydrogen (secondary N) is 3. The first-order chi connectivity index (χ1) is 17.7. The summed E-state index contributed by atoms with van der Waals surface area (Å²) in [5, 5.41) is 11.1. The monoisotopic (exact) mass is 556 g/mol. The normalized spacial score (nSPS) is 16.9. The number of carbonyl (C=O) groups is 7. The summed E-state index contributed by atoms with van der Waals surface area (Å²) < 4.78 is 36.7. The Hall–Kier alpha value is -4.94. The van der Waals surface area contributed by atoms with Gasteiger partial charge in [0.2, 0.25) is 0 Å². The second-order valence-corrected chi connectivity index (χ2v) is 9.25. The summed E-state index contributed by atoms with van der Waals surface area (Å²) in [4.78, 5) is 82.8. The molecule has 1 aromatic rings. The van der Waals surface area contributed by atoms with Crippen molar-refractivity contribution in [2.45, 2.75) is 19.9 Å². The maximum Gasteiger partial charge on any atom is 0.405 e. The van der Waals surface area contributed by atoms with Gasteiger partial charge in [0.25, 0.3) is 11.8 Å². The van der Waals surface area contributed by atoms with E-state index in [0.29, 0.717) is 9.91 Å². The van der Waals surface area contributed by atoms with Crippen LogP contribution in [0.25, 0.3) is 0 Å². The summed E-state index contributed by atoms with van der Waals surface area (Å²) in [5.41, 5.74) is 2.01. The second kappa shape index (κ2) is 10.6. The number of hydrazine groups is 1. The molecule has 2 aliphatic heterocycles. The number of β-lactam (4-membered cyclic amide) rings is 1. The number of carboxylic acid groups (broad SMARTS) is 1. The fourth-order valence-corrected chi connectivity index (χ4v) is 4.31. The van der Waals surface area contributed by atoms with Crippen LogP contribution in [0.1, 0.15) is 24.2 Å². The van der Waals surface area contributed by atoms with Gasteiger partial charge in [0, 0.05) is 19.4 Å². The van der Waals surface area contributed by atoms with Gasteiger partial charge in [0.15, 0.2) is 11.5 Å². The molecule has 18 nitrogen and oxygen atoms in total. The van der Waals surface area contributed by atoms with Crippen LogP contribution in [0.5, 0.6) is 11.5 Å². The minimum Gasteiger partial charge on any atom is -0.465 e. The van der Waals surface area contributed by atoms with Crippen molar-refractivity contribution in [1.29, 1.82) is 0 Å². The molecular formula is C19H20N6O12S. The molecule has 0 aliphatic carbocycles. The average molecular weight is 556 g/mol. The lowest BCUT2D eigenvalue weighted by Crippen LogP contribution is -2.67. The summed E-state index contributed by atoms with van der Waals surface area (Å²) in [5.74, 6) is -3.83. The molecule has 19 heteroatoms. The first-order valence-corrected chi connectivity index (χ1v) is 11.9. The maximum absolute atomic E-state index is 12.6. The molecule has 4 N–H and O–H groups in total. The van der Waals surface area contributed by atoms with Crippen LogP contribution in [0.2, 0.25) is 0 Å². The van der Waals surface area contributed by atoms with Gasteiger partial charge in [-0.15, -0.1) is 0 Å². The van der Waals surface area contributed by atoms with E-state index in [2.05, 4.69) is 5.43 Å². The van der Waals surface area contributed by atoms with Gasteiger partial charge >= 0.3 is 40.3 Å². The highest BCUT2D eigenvalue weighted by molar-refractivity contribution is 7.88. The Kier molecular flexibility index (Phi) is 7.70. The lowest BCUT2D eigenvalue weighted by Gasteiger charge is -2.36. The Morgan fingerprint density at radius 3 is 2.21 bits per heavy atom. The molecule has 1 atom stereocenters. The predicted octanol–water partition coefficient (Wildman–Crippen LogP) is -1.65. The van der Waals surface area contributed by atoms with Crippen LogP contribution in [-0.2, 0) is 24.6 Å². The fraction of sp³-hybridized carbons (Fsp3) is 0.316. The Labute approximate surface area is 213 Å². The van der Waals surface area contributed by atoms with Gasteiger partial charge in [0.05, 0.1) is 19.6 Å². The third kappa shape index (κ3) is 6.06. The van der Waals surface area contributed by atoms with Crippen molar-refractivity contribution in [2.75, 3.05) is 19.6 Å². The summed E-state index contributed by atoms with van der Waals surface area (Å²) in [6.07, 6.45) is -1.51. The third-order valence-electron chi connectivity index (χ3n) is 4.90. The zero-order chi connectivity index (χ0) is 28.4. The zero-order valence-corrected chi connectivity index (χ0v) is 20.4. The molecule has 2 heterocycles. The number of amides is 7. The summed E-state index contributed by atoms with van der Waals surface area (Å²) in [6, 6.07) is -0.451. The van der Waals surface area contributed by atoms with Crippen LogP contribution in [0.4, 0.5) is 14.4 Å². The van der Waals surface area contributed by atoms with Crippen LogP contribution in [0.15, 0.2) is 18.2 Å². The molecule has 1 unspecified atom stereocenters. The molecule has 0 radical (unpaired) electrons. The molecule has 2 aliphatic rings. The van der Waals surface area contributed by atoms with Gasteiger partial charge in [-0.3, -0.25) is 29.5 Å². The van der Waals surface area contributed by atoms with Gasteiger partial charge in [0.1, 0.15) is 6.04 Å². The largest absolute Gasteiger partial charge is 0.465 e. The highest BCUT2D eigenvalue weighted by Crippen LogP contribution is 2.29. The van der Waals surface area contributed by atoms with Crippen molar-refractivity contribution in [3.8, 4) is 11.5 Å². The predicted molar refractivity (Wildman–Crippen MR) is 119 cm³/mol. The number of rotatable bonds is 7. The molecule has 1 aromatic carbocycles. The smallest absolute Gasteiger partial charge is 0.405 e. The van der Waals surface area contributed by atoms with E-state index >= 15 is 0 Å². The lowest BCUT2D eigenvalue weighted by molar-refractivity contribution is -0.139. The van der Waals surface area contributed by atoms with Crippen LogP contribution in [0, 0.1) is 0 Å². The molecule has 7 amide bonds. The first-order valence-electron chi connectivity index (χ1n) is 10.5. The van der Waals surface area contributed by atoms with E-state index in [1.165, 1.54) is 16.9 Å². The highest BCUT2D eigenvalue weighted by Gasteiger charge is 2.45. The second-order valence-electron chi connectivity index (χ2n) is 7.66. The van der Waals surface area contributed by atoms with Crippen molar-refractivity contribution in [3.05, 3.63) is 23.8 Å². The molecule has 2 saturated heterocycles. The van der Waals surface area contributed by atoms with Gasteiger partial charge in [-0.25, -0.2) is 28.4 Å². The third-order valence-corrected chi connectivity index (χ3v) is 6.25. The molecule has 2 fully saturated rings. The number of likely N-dealkylation sites (tertiary alicyclic amines) is 1. The number of urea groups is 2. The Balaban J connectivity index is 1.64. The Bertz CT molecular complexity index is 1350. The van der Waals surface area contributed by atoms with Crippen molar-refractivity contribution < 1.29 is 56.6 Å². The zero-order valence-electron chi connectivity index (χ0n) is 19.6. The van der Waals surface area contributed by atoms with E-state index in [0.717, 1.165) is 19.9 Å². The fourth-order valence-electron chi connectivity index (χ4n) is 3.24. The van der Waals surface area contributed by atoms with Crippen LogP contribution in [-0.4, -0.2) is 95.3 Å². The van der Waals surface area contributed by atoms with E-state index in [-0.39, 0.29) is 27.9 Å². The molecule has 0 bridgehead atoms. The van der Waals surface area contributed by atoms with Gasteiger partial charge in [-0.05, 0) is 18.2 Å². The molecule has 38 heavy (non-hydrogen) atoms. The topological polar surface area (TPSA) is 238 Å². The summed E-state index contributed by atoms with van der Waals surface area (Å²) in [6.45, 7) is 0.949. The molecule has 0 saturated carbocycles. The van der Waals surface area contributed by atoms with E-state index in [4.69, 9.17) is 14.6 Å². The summed E-state index contributed by atoms with van der Waals surface area (Å²) in [7, 11) is -4.81. The van der Waals surface area contributed by atoms with Crippen molar-refractivity contribution >= 4 is 52.1 Å². The number of imide groups is 1. The SMILES string of the molecule is CC(=O)Oc1ccc(C(=O)NN2CCN(S(=O)(=O)NC(=O)N3CC(NC(=O)O)C3=O)C2=O)cc1OC(C)=O. The van der Waals surface area contributed by atoms with E-state index in [9.17, 15) is 42.0 Å². The molecule has 3 rings (SSSR count).